The Morgan fingerprint density at radius 3 is 2.52 bits per heavy atom. The van der Waals surface area contributed by atoms with Crippen LogP contribution >= 0.6 is 11.8 Å². The minimum atomic E-state index is -0.721. The third-order valence-electron chi connectivity index (χ3n) is 3.09. The molecule has 1 unspecified atom stereocenters. The zero-order chi connectivity index (χ0) is 15.0. The molecule has 0 saturated heterocycles. The highest BCUT2D eigenvalue weighted by atomic mass is 32.2. The summed E-state index contributed by atoms with van der Waals surface area (Å²) in [5.74, 6) is 0.567. The van der Waals surface area contributed by atoms with Gasteiger partial charge < -0.3 is 0 Å². The Morgan fingerprint density at radius 1 is 1.19 bits per heavy atom. The van der Waals surface area contributed by atoms with Crippen molar-refractivity contribution in [3.63, 3.8) is 0 Å². The smallest absolute Gasteiger partial charge is 0.187 e. The molecule has 1 atom stereocenters. The predicted octanol–water partition coefficient (Wildman–Crippen LogP) is 2.99. The summed E-state index contributed by atoms with van der Waals surface area (Å²) >= 11 is 1.49. The fourth-order valence-corrected chi connectivity index (χ4v) is 2.92. The summed E-state index contributed by atoms with van der Waals surface area (Å²) in [4.78, 5) is 8.41. The first kappa shape index (κ1) is 15.5. The molecule has 1 N–H and O–H groups in total. The van der Waals surface area contributed by atoms with Crippen molar-refractivity contribution < 1.29 is 0 Å². The van der Waals surface area contributed by atoms with Gasteiger partial charge in [-0.05, 0) is 24.6 Å². The Kier molecular flexibility index (Phi) is 5.73. The molecule has 0 fully saturated rings. The van der Waals surface area contributed by atoms with Crippen molar-refractivity contribution in [1.82, 2.24) is 15.3 Å². The molecule has 4 nitrogen and oxygen atoms in total. The zero-order valence-electron chi connectivity index (χ0n) is 12.0. The van der Waals surface area contributed by atoms with Crippen LogP contribution in [0.15, 0.2) is 53.9 Å². The van der Waals surface area contributed by atoms with Gasteiger partial charge in [0.15, 0.2) is 5.16 Å². The highest BCUT2D eigenvalue weighted by molar-refractivity contribution is 7.99. The third-order valence-corrected chi connectivity index (χ3v) is 4.14. The molecule has 108 valence electrons. The summed E-state index contributed by atoms with van der Waals surface area (Å²) in [7, 11) is 0. The maximum Gasteiger partial charge on any atom is 0.187 e. The fourth-order valence-electron chi connectivity index (χ4n) is 1.97. The zero-order valence-corrected chi connectivity index (χ0v) is 12.8. The van der Waals surface area contributed by atoms with Crippen LogP contribution in [0.2, 0.25) is 0 Å². The second-order valence-electron chi connectivity index (χ2n) is 4.63. The Hall–Kier alpha value is -1.90. The summed E-state index contributed by atoms with van der Waals surface area (Å²) in [6, 6.07) is 14.1. The van der Waals surface area contributed by atoms with Gasteiger partial charge >= 0.3 is 0 Å². The lowest BCUT2D eigenvalue weighted by atomic mass is 9.93. The van der Waals surface area contributed by atoms with Gasteiger partial charge in [0.05, 0.1) is 6.07 Å². The monoisotopic (exact) mass is 298 g/mol. The number of rotatable bonds is 7. The Bertz CT molecular complexity index is 582. The first-order valence-corrected chi connectivity index (χ1v) is 7.91. The molecule has 0 aliphatic carbocycles. The lowest BCUT2D eigenvalue weighted by molar-refractivity contribution is 0.473. The van der Waals surface area contributed by atoms with Crippen LogP contribution in [0.1, 0.15) is 18.9 Å². The summed E-state index contributed by atoms with van der Waals surface area (Å²) in [5, 5.41) is 13.8. The van der Waals surface area contributed by atoms with Crippen LogP contribution in [0.5, 0.6) is 0 Å². The lowest BCUT2D eigenvalue weighted by Crippen LogP contribution is -2.44. The van der Waals surface area contributed by atoms with Gasteiger partial charge in [-0.15, -0.1) is 0 Å². The van der Waals surface area contributed by atoms with Crippen molar-refractivity contribution >= 4 is 11.8 Å². The van der Waals surface area contributed by atoms with Crippen LogP contribution in [0.25, 0.3) is 0 Å². The molecule has 0 amide bonds. The molecule has 0 radical (unpaired) electrons. The number of nitrogens with zero attached hydrogens (tertiary/aromatic N) is 3. The maximum atomic E-state index is 9.77. The second-order valence-corrected chi connectivity index (χ2v) is 5.57. The molecular weight excluding hydrogens is 280 g/mol. The van der Waals surface area contributed by atoms with Gasteiger partial charge in [0.2, 0.25) is 0 Å². The number of nitriles is 1. The van der Waals surface area contributed by atoms with E-state index in [1.54, 1.807) is 18.5 Å². The maximum absolute atomic E-state index is 9.77. The van der Waals surface area contributed by atoms with Crippen LogP contribution in [-0.2, 0) is 5.54 Å². The largest absolute Gasteiger partial charge is 0.295 e. The van der Waals surface area contributed by atoms with Crippen molar-refractivity contribution in [3.05, 3.63) is 54.4 Å². The summed E-state index contributed by atoms with van der Waals surface area (Å²) < 4.78 is 0. The highest BCUT2D eigenvalue weighted by Crippen LogP contribution is 2.27. The van der Waals surface area contributed by atoms with Crippen molar-refractivity contribution in [2.45, 2.75) is 24.0 Å². The first-order valence-electron chi connectivity index (χ1n) is 6.92. The van der Waals surface area contributed by atoms with Crippen LogP contribution in [0, 0.1) is 11.3 Å². The van der Waals surface area contributed by atoms with E-state index in [1.165, 1.54) is 11.8 Å². The summed E-state index contributed by atoms with van der Waals surface area (Å²) in [6.07, 6.45) is 4.40. The molecule has 2 aromatic rings. The minimum Gasteiger partial charge on any atom is -0.295 e. The topological polar surface area (TPSA) is 61.6 Å². The number of benzene rings is 1. The minimum absolute atomic E-state index is 0.567. The lowest BCUT2D eigenvalue weighted by Gasteiger charge is -2.28. The van der Waals surface area contributed by atoms with E-state index >= 15 is 0 Å². The molecule has 1 aromatic heterocycles. The van der Waals surface area contributed by atoms with Gasteiger partial charge in [0.25, 0.3) is 0 Å². The van der Waals surface area contributed by atoms with Gasteiger partial charge in [0, 0.05) is 18.1 Å². The van der Waals surface area contributed by atoms with E-state index in [0.717, 1.165) is 18.5 Å². The van der Waals surface area contributed by atoms with E-state index < -0.39 is 5.54 Å². The van der Waals surface area contributed by atoms with E-state index in [9.17, 15) is 5.26 Å². The average molecular weight is 298 g/mol. The number of hydrogen-bond acceptors (Lipinski definition) is 5. The van der Waals surface area contributed by atoms with Crippen LogP contribution in [0.4, 0.5) is 0 Å². The van der Waals surface area contributed by atoms with Crippen molar-refractivity contribution in [3.8, 4) is 6.07 Å². The molecule has 0 spiro atoms. The SMILES string of the molecule is CCCNC(C#N)(CSc1ncccn1)c1ccccc1. The molecule has 0 bridgehead atoms. The quantitative estimate of drug-likeness (QED) is 0.629. The Morgan fingerprint density at radius 2 is 1.90 bits per heavy atom. The second kappa shape index (κ2) is 7.77. The van der Waals surface area contributed by atoms with Crippen LogP contribution in [0.3, 0.4) is 0 Å². The number of nitrogens with one attached hydrogen (secondary N) is 1. The van der Waals surface area contributed by atoms with Gasteiger partial charge in [-0.2, -0.15) is 5.26 Å². The fraction of sp³-hybridized carbons (Fsp3) is 0.312. The Labute approximate surface area is 129 Å². The van der Waals surface area contributed by atoms with Crippen LogP contribution < -0.4 is 5.32 Å². The molecule has 2 rings (SSSR count). The summed E-state index contributed by atoms with van der Waals surface area (Å²) in [6.45, 7) is 2.88. The van der Waals surface area contributed by atoms with E-state index in [2.05, 4.69) is 28.3 Å². The van der Waals surface area contributed by atoms with Crippen molar-refractivity contribution in [2.24, 2.45) is 0 Å². The van der Waals surface area contributed by atoms with Gasteiger partial charge in [-0.25, -0.2) is 9.97 Å². The molecule has 5 heteroatoms. The molecule has 0 aliphatic rings. The first-order chi connectivity index (χ1) is 10.3. The number of aromatic nitrogens is 2. The van der Waals surface area contributed by atoms with Crippen molar-refractivity contribution in [1.29, 1.82) is 5.26 Å². The standard InChI is InChI=1S/C16H18N4S/c1-2-9-20-16(12-17,14-7-4-3-5-8-14)13-21-15-18-10-6-11-19-15/h3-8,10-11,20H,2,9,13H2,1H3. The summed E-state index contributed by atoms with van der Waals surface area (Å²) in [5.41, 5.74) is 0.255. The number of thioether (sulfide) groups is 1. The molecule has 0 aliphatic heterocycles. The molecule has 0 saturated carbocycles. The van der Waals surface area contributed by atoms with Gasteiger partial charge in [-0.1, -0.05) is 49.0 Å². The van der Waals surface area contributed by atoms with Gasteiger partial charge in [-0.3, -0.25) is 5.32 Å². The Balaban J connectivity index is 2.21. The highest BCUT2D eigenvalue weighted by Gasteiger charge is 2.32. The molecule has 1 aromatic carbocycles. The molecular formula is C16H18N4S. The van der Waals surface area contributed by atoms with E-state index in [0.29, 0.717) is 10.9 Å². The molecule has 1 heterocycles. The normalized spacial score (nSPS) is 13.3. The average Bonchev–Trinajstić information content (AvgIpc) is 2.57. The van der Waals surface area contributed by atoms with Crippen molar-refractivity contribution in [2.75, 3.05) is 12.3 Å². The van der Waals surface area contributed by atoms with Gasteiger partial charge in [0.1, 0.15) is 5.54 Å². The number of hydrogen-bond donors (Lipinski definition) is 1. The third kappa shape index (κ3) is 4.03. The van der Waals surface area contributed by atoms with Crippen LogP contribution in [-0.4, -0.2) is 22.3 Å². The predicted molar refractivity (Wildman–Crippen MR) is 84.8 cm³/mol. The molecule has 21 heavy (non-hydrogen) atoms. The van der Waals surface area contributed by atoms with E-state index in [1.807, 2.05) is 30.3 Å². The van der Waals surface area contributed by atoms with E-state index in [-0.39, 0.29) is 0 Å². The van der Waals surface area contributed by atoms with E-state index in [4.69, 9.17) is 0 Å².